The number of methoxy groups -OCH3 is 1. The van der Waals surface area contributed by atoms with Crippen molar-refractivity contribution < 1.29 is 13.3 Å². The molecule has 2 heterocycles. The Morgan fingerprint density at radius 1 is 1.42 bits per heavy atom. The highest BCUT2D eigenvalue weighted by molar-refractivity contribution is 7.83. The summed E-state index contributed by atoms with van der Waals surface area (Å²) in [5.74, 6) is -0.0264. The maximum absolute atomic E-state index is 14.7. The Labute approximate surface area is 141 Å². The van der Waals surface area contributed by atoms with E-state index in [1.54, 1.807) is 19.2 Å². The molecule has 3 N–H and O–H groups in total. The predicted molar refractivity (Wildman–Crippen MR) is 88.9 cm³/mol. The second kappa shape index (κ2) is 6.27. The van der Waals surface area contributed by atoms with Crippen molar-refractivity contribution in [2.75, 3.05) is 12.4 Å². The van der Waals surface area contributed by atoms with E-state index in [-0.39, 0.29) is 23.7 Å². The van der Waals surface area contributed by atoms with Crippen LogP contribution in [0.2, 0.25) is 0 Å². The lowest BCUT2D eigenvalue weighted by Gasteiger charge is -2.08. The normalized spacial score (nSPS) is 25.8. The number of nitrogens with one attached hydrogen (secondary N) is 3. The van der Waals surface area contributed by atoms with Crippen molar-refractivity contribution in [3.8, 4) is 0 Å². The molecule has 1 aromatic heterocycles. The van der Waals surface area contributed by atoms with E-state index in [0.29, 0.717) is 12.2 Å². The molecule has 8 heteroatoms. The molecule has 2 aliphatic rings. The maximum Gasteiger partial charge on any atom is 0.188 e. The van der Waals surface area contributed by atoms with Gasteiger partial charge in [0.2, 0.25) is 0 Å². The minimum absolute atomic E-state index is 0.115. The van der Waals surface area contributed by atoms with Crippen LogP contribution in [-0.4, -0.2) is 27.6 Å². The Kier molecular flexibility index (Phi) is 4.11. The van der Waals surface area contributed by atoms with Crippen molar-refractivity contribution in [1.82, 2.24) is 14.9 Å². The molecule has 1 saturated carbocycles. The van der Waals surface area contributed by atoms with Crippen LogP contribution in [0, 0.1) is 5.82 Å². The summed E-state index contributed by atoms with van der Waals surface area (Å²) in [5, 5.41) is 9.93. The highest BCUT2D eigenvalue weighted by atomic mass is 32.2. The fraction of sp³-hybridized carbons (Fsp3) is 0.438. The number of nitrogens with zero attached hydrogens (tertiary/aromatic N) is 1. The van der Waals surface area contributed by atoms with Gasteiger partial charge in [-0.15, -0.1) is 0 Å². The quantitative estimate of drug-likeness (QED) is 0.792. The Morgan fingerprint density at radius 2 is 2.29 bits per heavy atom. The van der Waals surface area contributed by atoms with Gasteiger partial charge in [0, 0.05) is 25.3 Å². The van der Waals surface area contributed by atoms with Gasteiger partial charge >= 0.3 is 0 Å². The van der Waals surface area contributed by atoms with E-state index in [1.165, 1.54) is 0 Å². The molecule has 1 aliphatic carbocycles. The number of rotatable bonds is 4. The first-order valence-corrected chi connectivity index (χ1v) is 9.12. The minimum atomic E-state index is -1.14. The number of benzene rings is 1. The number of halogens is 1. The first-order valence-electron chi connectivity index (χ1n) is 7.97. The summed E-state index contributed by atoms with van der Waals surface area (Å²) in [6, 6.07) is 5.45. The van der Waals surface area contributed by atoms with Crippen LogP contribution in [0.4, 0.5) is 15.9 Å². The van der Waals surface area contributed by atoms with Gasteiger partial charge in [0.1, 0.15) is 11.0 Å². The van der Waals surface area contributed by atoms with E-state index in [1.807, 2.05) is 6.07 Å². The second-order valence-corrected chi connectivity index (χ2v) is 7.47. The largest absolute Gasteiger partial charge is 0.381 e. The maximum atomic E-state index is 14.7. The van der Waals surface area contributed by atoms with E-state index < -0.39 is 11.0 Å². The number of aromatic amines is 1. The molecule has 3 atom stereocenters. The van der Waals surface area contributed by atoms with Crippen LogP contribution in [-0.2, 0) is 22.3 Å². The summed E-state index contributed by atoms with van der Waals surface area (Å²) in [6.07, 6.45) is 2.84. The highest BCUT2D eigenvalue weighted by Gasteiger charge is 2.30. The van der Waals surface area contributed by atoms with Crippen molar-refractivity contribution in [2.24, 2.45) is 0 Å². The summed E-state index contributed by atoms with van der Waals surface area (Å²) in [4.78, 5) is 0.778. The van der Waals surface area contributed by atoms with E-state index in [9.17, 15) is 8.60 Å². The third-order valence-electron chi connectivity index (χ3n) is 4.78. The fourth-order valence-electron chi connectivity index (χ4n) is 3.45. The van der Waals surface area contributed by atoms with Gasteiger partial charge in [0.15, 0.2) is 11.6 Å². The van der Waals surface area contributed by atoms with Crippen molar-refractivity contribution in [3.05, 3.63) is 35.3 Å². The van der Waals surface area contributed by atoms with Crippen LogP contribution in [0.3, 0.4) is 0 Å². The monoisotopic (exact) mass is 350 g/mol. The summed E-state index contributed by atoms with van der Waals surface area (Å²) in [7, 11) is 0.549. The lowest BCUT2D eigenvalue weighted by molar-refractivity contribution is 0.107. The zero-order chi connectivity index (χ0) is 16.7. The molecule has 0 bridgehead atoms. The molecule has 1 fully saturated rings. The third-order valence-corrected chi connectivity index (χ3v) is 5.98. The number of fused-ring (bicyclic) bond motifs is 1. The van der Waals surface area contributed by atoms with Crippen molar-refractivity contribution in [1.29, 1.82) is 0 Å². The number of ether oxygens (including phenoxy) is 1. The average Bonchev–Trinajstić information content (AvgIpc) is 3.28. The van der Waals surface area contributed by atoms with Gasteiger partial charge in [-0.2, -0.15) is 5.10 Å². The molecule has 1 aliphatic heterocycles. The molecule has 2 aromatic rings. The van der Waals surface area contributed by atoms with Gasteiger partial charge < -0.3 is 10.1 Å². The van der Waals surface area contributed by atoms with Crippen LogP contribution < -0.4 is 10.0 Å². The second-order valence-electron chi connectivity index (χ2n) is 6.20. The van der Waals surface area contributed by atoms with Gasteiger partial charge in [0.25, 0.3) is 0 Å². The van der Waals surface area contributed by atoms with Crippen molar-refractivity contribution in [3.63, 3.8) is 0 Å². The standard InChI is InChI=1S/C16H19FN4O2S/c1-23-12-4-2-9(7-12)15-14(17)16(21-20-15)19-11-3-5-13-10(6-11)8-18-24(13)22/h3,5-6,9,12,18H,2,4,7-8H2,1H3,(H2,19,20,21). The number of H-pyrrole nitrogens is 1. The Hall–Kier alpha value is -1.77. The molecular weight excluding hydrogens is 331 g/mol. The topological polar surface area (TPSA) is 79.0 Å². The first-order chi connectivity index (χ1) is 11.7. The van der Waals surface area contributed by atoms with E-state index in [2.05, 4.69) is 20.2 Å². The fourth-order valence-corrected chi connectivity index (χ4v) is 4.45. The molecule has 4 rings (SSSR count). The molecule has 128 valence electrons. The van der Waals surface area contributed by atoms with Gasteiger partial charge in [-0.1, -0.05) is 0 Å². The number of anilines is 2. The molecule has 6 nitrogen and oxygen atoms in total. The van der Waals surface area contributed by atoms with Crippen LogP contribution in [0.5, 0.6) is 0 Å². The molecule has 24 heavy (non-hydrogen) atoms. The van der Waals surface area contributed by atoms with Crippen LogP contribution >= 0.6 is 0 Å². The zero-order valence-corrected chi connectivity index (χ0v) is 14.1. The summed E-state index contributed by atoms with van der Waals surface area (Å²) >= 11 is 0. The van der Waals surface area contributed by atoms with E-state index in [0.717, 1.165) is 35.4 Å². The molecule has 3 unspecified atom stereocenters. The molecule has 0 radical (unpaired) electrons. The molecule has 0 amide bonds. The van der Waals surface area contributed by atoms with E-state index >= 15 is 0 Å². The third kappa shape index (κ3) is 2.74. The Morgan fingerprint density at radius 3 is 3.08 bits per heavy atom. The summed E-state index contributed by atoms with van der Waals surface area (Å²) in [5.41, 5.74) is 2.22. The number of hydrogen-bond donors (Lipinski definition) is 3. The number of hydrogen-bond acceptors (Lipinski definition) is 4. The number of aromatic nitrogens is 2. The molecule has 0 spiro atoms. The highest BCUT2D eigenvalue weighted by Crippen LogP contribution is 2.37. The molecule has 1 aromatic carbocycles. The SMILES string of the molecule is COC1CCC(c2[nH]nc(Nc3ccc4c(c3)CNS4=O)c2F)C1. The van der Waals surface area contributed by atoms with Gasteiger partial charge in [-0.25, -0.2) is 13.3 Å². The van der Waals surface area contributed by atoms with Gasteiger partial charge in [-0.05, 0) is 43.0 Å². The first kappa shape index (κ1) is 15.7. The van der Waals surface area contributed by atoms with Gasteiger partial charge in [0.05, 0.1) is 16.7 Å². The van der Waals surface area contributed by atoms with Crippen LogP contribution in [0.25, 0.3) is 0 Å². The smallest absolute Gasteiger partial charge is 0.188 e. The zero-order valence-electron chi connectivity index (χ0n) is 13.3. The van der Waals surface area contributed by atoms with Crippen LogP contribution in [0.1, 0.15) is 36.4 Å². The van der Waals surface area contributed by atoms with Gasteiger partial charge in [-0.3, -0.25) is 5.10 Å². The predicted octanol–water partition coefficient (Wildman–Crippen LogP) is 2.70. The molecular formula is C16H19FN4O2S. The lowest BCUT2D eigenvalue weighted by atomic mass is 10.0. The van der Waals surface area contributed by atoms with Crippen LogP contribution in [0.15, 0.2) is 23.1 Å². The Balaban J connectivity index is 1.53. The Bertz CT molecular complexity index is 794. The summed E-state index contributed by atoms with van der Waals surface area (Å²) in [6.45, 7) is 0.548. The average molecular weight is 350 g/mol. The van der Waals surface area contributed by atoms with Crippen molar-refractivity contribution in [2.45, 2.75) is 42.7 Å². The summed E-state index contributed by atoms with van der Waals surface area (Å²) < 4.78 is 34.6. The minimum Gasteiger partial charge on any atom is -0.381 e. The van der Waals surface area contributed by atoms with Crippen molar-refractivity contribution >= 4 is 22.5 Å². The molecule has 0 saturated heterocycles. The lowest BCUT2D eigenvalue weighted by Crippen LogP contribution is -2.05. The van der Waals surface area contributed by atoms with E-state index in [4.69, 9.17) is 4.74 Å².